The second-order valence-corrected chi connectivity index (χ2v) is 4.23. The van der Waals surface area contributed by atoms with Crippen molar-refractivity contribution in [2.45, 2.75) is 19.4 Å². The van der Waals surface area contributed by atoms with Gasteiger partial charge in [0.05, 0.1) is 18.7 Å². The molecule has 0 aliphatic rings. The highest BCUT2D eigenvalue weighted by Crippen LogP contribution is 2.17. The van der Waals surface area contributed by atoms with Gasteiger partial charge in [0.15, 0.2) is 5.89 Å². The van der Waals surface area contributed by atoms with E-state index >= 15 is 0 Å². The van der Waals surface area contributed by atoms with Crippen LogP contribution in [0.15, 0.2) is 28.1 Å². The minimum absolute atomic E-state index is 0.0837. The third-order valence-electron chi connectivity index (χ3n) is 1.93. The normalized spacial score (nSPS) is 13.0. The van der Waals surface area contributed by atoms with Gasteiger partial charge in [-0.1, -0.05) is 6.07 Å². The highest BCUT2D eigenvalue weighted by molar-refractivity contribution is 7.09. The standard InChI is InChI=1S/C10H12N2OS/c1-7(11)9-6-12-10(13-9)5-8-3-2-4-14-8/h2-4,6-7H,5,11H2,1H3. The number of aromatic nitrogens is 1. The molecule has 2 heterocycles. The van der Waals surface area contributed by atoms with E-state index in [-0.39, 0.29) is 6.04 Å². The van der Waals surface area contributed by atoms with Crippen molar-refractivity contribution in [3.05, 3.63) is 40.2 Å². The molecule has 2 aromatic rings. The van der Waals surface area contributed by atoms with E-state index in [1.165, 1.54) is 4.88 Å². The van der Waals surface area contributed by atoms with Gasteiger partial charge in [-0.25, -0.2) is 4.98 Å². The van der Waals surface area contributed by atoms with Crippen molar-refractivity contribution in [3.63, 3.8) is 0 Å². The van der Waals surface area contributed by atoms with Gasteiger partial charge in [0.2, 0.25) is 0 Å². The van der Waals surface area contributed by atoms with Crippen LogP contribution in [0.5, 0.6) is 0 Å². The van der Waals surface area contributed by atoms with E-state index in [1.54, 1.807) is 17.5 Å². The molecule has 74 valence electrons. The van der Waals surface area contributed by atoms with Crippen LogP contribution in [-0.2, 0) is 6.42 Å². The summed E-state index contributed by atoms with van der Waals surface area (Å²) in [5.41, 5.74) is 5.67. The molecule has 0 amide bonds. The Hall–Kier alpha value is -1.13. The minimum Gasteiger partial charge on any atom is -0.444 e. The number of rotatable bonds is 3. The largest absolute Gasteiger partial charge is 0.444 e. The number of oxazole rings is 1. The number of nitrogens with zero attached hydrogens (tertiary/aromatic N) is 1. The molecule has 0 aliphatic carbocycles. The lowest BCUT2D eigenvalue weighted by Crippen LogP contribution is -2.02. The van der Waals surface area contributed by atoms with E-state index in [0.717, 1.165) is 18.1 Å². The molecule has 0 bridgehead atoms. The van der Waals surface area contributed by atoms with Crippen LogP contribution < -0.4 is 5.73 Å². The van der Waals surface area contributed by atoms with Gasteiger partial charge >= 0.3 is 0 Å². The van der Waals surface area contributed by atoms with Gasteiger partial charge in [-0.3, -0.25) is 0 Å². The predicted octanol–water partition coefficient (Wildman–Crippen LogP) is 2.35. The molecule has 1 unspecified atom stereocenters. The van der Waals surface area contributed by atoms with E-state index in [2.05, 4.69) is 11.1 Å². The summed E-state index contributed by atoms with van der Waals surface area (Å²) in [5, 5.41) is 2.05. The van der Waals surface area contributed by atoms with Crippen LogP contribution >= 0.6 is 11.3 Å². The first-order valence-electron chi connectivity index (χ1n) is 4.48. The van der Waals surface area contributed by atoms with Crippen LogP contribution in [0.4, 0.5) is 0 Å². The summed E-state index contributed by atoms with van der Waals surface area (Å²) in [6, 6.07) is 4.01. The minimum atomic E-state index is -0.0837. The van der Waals surface area contributed by atoms with Crippen molar-refractivity contribution in [2.24, 2.45) is 5.73 Å². The molecule has 0 aliphatic heterocycles. The zero-order valence-corrected chi connectivity index (χ0v) is 8.75. The summed E-state index contributed by atoms with van der Waals surface area (Å²) in [7, 11) is 0. The first kappa shape index (κ1) is 9.43. The van der Waals surface area contributed by atoms with Gasteiger partial charge in [0.1, 0.15) is 5.76 Å². The Kier molecular flexibility index (Phi) is 2.65. The van der Waals surface area contributed by atoms with E-state index in [4.69, 9.17) is 10.2 Å². The Morgan fingerprint density at radius 3 is 3.07 bits per heavy atom. The van der Waals surface area contributed by atoms with Gasteiger partial charge in [0.25, 0.3) is 0 Å². The fraction of sp³-hybridized carbons (Fsp3) is 0.300. The predicted molar refractivity (Wildman–Crippen MR) is 56.2 cm³/mol. The molecule has 0 radical (unpaired) electrons. The number of hydrogen-bond acceptors (Lipinski definition) is 4. The average molecular weight is 208 g/mol. The van der Waals surface area contributed by atoms with E-state index < -0.39 is 0 Å². The third-order valence-corrected chi connectivity index (χ3v) is 2.80. The van der Waals surface area contributed by atoms with Crippen molar-refractivity contribution in [1.29, 1.82) is 0 Å². The van der Waals surface area contributed by atoms with Crippen molar-refractivity contribution < 1.29 is 4.42 Å². The maximum Gasteiger partial charge on any atom is 0.199 e. The average Bonchev–Trinajstić information content (AvgIpc) is 2.75. The summed E-state index contributed by atoms with van der Waals surface area (Å²) in [4.78, 5) is 5.43. The van der Waals surface area contributed by atoms with Crippen LogP contribution in [0.2, 0.25) is 0 Å². The molecular formula is C10H12N2OS. The van der Waals surface area contributed by atoms with Gasteiger partial charge in [-0.15, -0.1) is 11.3 Å². The first-order chi connectivity index (χ1) is 6.75. The summed E-state index contributed by atoms with van der Waals surface area (Å²) in [5.74, 6) is 1.48. The van der Waals surface area contributed by atoms with Crippen LogP contribution in [0.25, 0.3) is 0 Å². The van der Waals surface area contributed by atoms with Crippen LogP contribution in [-0.4, -0.2) is 4.98 Å². The van der Waals surface area contributed by atoms with Gasteiger partial charge in [-0.05, 0) is 18.4 Å². The molecule has 4 heteroatoms. The smallest absolute Gasteiger partial charge is 0.199 e. The maximum atomic E-state index is 5.67. The van der Waals surface area contributed by atoms with Crippen LogP contribution in [0.3, 0.4) is 0 Å². The number of nitrogens with two attached hydrogens (primary N) is 1. The van der Waals surface area contributed by atoms with E-state index in [0.29, 0.717) is 0 Å². The van der Waals surface area contributed by atoms with Crippen LogP contribution in [0, 0.1) is 0 Å². The Bertz CT molecular complexity index is 392. The SMILES string of the molecule is CC(N)c1cnc(Cc2cccs2)o1. The molecule has 3 nitrogen and oxygen atoms in total. The van der Waals surface area contributed by atoms with Crippen LogP contribution in [0.1, 0.15) is 29.5 Å². The van der Waals surface area contributed by atoms with Gasteiger partial charge in [-0.2, -0.15) is 0 Å². The quantitative estimate of drug-likeness (QED) is 0.842. The van der Waals surface area contributed by atoms with E-state index in [9.17, 15) is 0 Å². The lowest BCUT2D eigenvalue weighted by molar-refractivity contribution is 0.442. The van der Waals surface area contributed by atoms with Crippen molar-refractivity contribution in [3.8, 4) is 0 Å². The maximum absolute atomic E-state index is 5.67. The highest BCUT2D eigenvalue weighted by Gasteiger charge is 2.08. The van der Waals surface area contributed by atoms with E-state index in [1.807, 2.05) is 18.4 Å². The molecule has 14 heavy (non-hydrogen) atoms. The first-order valence-corrected chi connectivity index (χ1v) is 5.36. The van der Waals surface area contributed by atoms with Crippen molar-refractivity contribution in [2.75, 3.05) is 0 Å². The second kappa shape index (κ2) is 3.94. The molecule has 0 spiro atoms. The molecule has 2 aromatic heterocycles. The molecule has 1 atom stereocenters. The monoisotopic (exact) mass is 208 g/mol. The molecule has 0 fully saturated rings. The fourth-order valence-electron chi connectivity index (χ4n) is 1.18. The highest BCUT2D eigenvalue weighted by atomic mass is 32.1. The topological polar surface area (TPSA) is 52.0 Å². The molecule has 0 saturated heterocycles. The Balaban J connectivity index is 2.11. The molecular weight excluding hydrogens is 196 g/mol. The molecule has 2 N–H and O–H groups in total. The lowest BCUT2D eigenvalue weighted by Gasteiger charge is -1.97. The van der Waals surface area contributed by atoms with Crippen molar-refractivity contribution in [1.82, 2.24) is 4.98 Å². The molecule has 0 saturated carbocycles. The summed E-state index contributed by atoms with van der Waals surface area (Å²) in [6.45, 7) is 1.88. The second-order valence-electron chi connectivity index (χ2n) is 3.20. The summed E-state index contributed by atoms with van der Waals surface area (Å²) < 4.78 is 5.49. The third kappa shape index (κ3) is 2.02. The zero-order chi connectivity index (χ0) is 9.97. The Labute approximate surface area is 86.6 Å². The van der Waals surface area contributed by atoms with Crippen molar-refractivity contribution >= 4 is 11.3 Å². The fourth-order valence-corrected chi connectivity index (χ4v) is 1.87. The number of thiophene rings is 1. The van der Waals surface area contributed by atoms with Gasteiger partial charge in [0, 0.05) is 4.88 Å². The zero-order valence-electron chi connectivity index (χ0n) is 7.93. The summed E-state index contributed by atoms with van der Waals surface area (Å²) in [6.07, 6.45) is 2.46. The number of hydrogen-bond donors (Lipinski definition) is 1. The summed E-state index contributed by atoms with van der Waals surface area (Å²) >= 11 is 1.70. The Morgan fingerprint density at radius 1 is 1.64 bits per heavy atom. The molecule has 0 aromatic carbocycles. The Morgan fingerprint density at radius 2 is 2.50 bits per heavy atom. The van der Waals surface area contributed by atoms with Gasteiger partial charge < -0.3 is 10.2 Å². The molecule has 2 rings (SSSR count). The lowest BCUT2D eigenvalue weighted by atomic mass is 10.3.